The lowest BCUT2D eigenvalue weighted by atomic mass is 10.2. The molecule has 2 aromatic carbocycles. The van der Waals surface area contributed by atoms with E-state index in [1.54, 1.807) is 35.7 Å². The van der Waals surface area contributed by atoms with Gasteiger partial charge in [-0.1, -0.05) is 12.1 Å². The predicted molar refractivity (Wildman–Crippen MR) is 104 cm³/mol. The van der Waals surface area contributed by atoms with E-state index in [0.717, 1.165) is 0 Å². The predicted octanol–water partition coefficient (Wildman–Crippen LogP) is 5.00. The van der Waals surface area contributed by atoms with Gasteiger partial charge in [-0.3, -0.25) is 10.1 Å². The lowest BCUT2D eigenvalue weighted by Crippen LogP contribution is -2.12. The third kappa shape index (κ3) is 4.62. The zero-order chi connectivity index (χ0) is 19.4. The Morgan fingerprint density at radius 1 is 1.19 bits per heavy atom. The molecule has 27 heavy (non-hydrogen) atoms. The molecule has 1 aromatic heterocycles. The summed E-state index contributed by atoms with van der Waals surface area (Å²) in [6.07, 6.45) is -0.00450. The summed E-state index contributed by atoms with van der Waals surface area (Å²) in [4.78, 5) is 16.9. The van der Waals surface area contributed by atoms with Crippen molar-refractivity contribution in [2.75, 3.05) is 12.4 Å². The average Bonchev–Trinajstić information content (AvgIpc) is 3.10. The van der Waals surface area contributed by atoms with E-state index in [2.05, 4.69) is 10.3 Å². The highest BCUT2D eigenvalue weighted by Crippen LogP contribution is 2.30. The Labute approximate surface area is 160 Å². The van der Waals surface area contributed by atoms with Gasteiger partial charge < -0.3 is 9.47 Å². The Balaban J connectivity index is 1.76. The number of halogens is 1. The van der Waals surface area contributed by atoms with Gasteiger partial charge in [-0.2, -0.15) is 0 Å². The van der Waals surface area contributed by atoms with Crippen LogP contribution in [-0.2, 0) is 0 Å². The SMILES string of the molecule is COc1cc(C(=O)Nc2nc(-c3cccc(F)c3)cs2)ccc1OC(C)C. The van der Waals surface area contributed by atoms with Crippen LogP contribution in [0.5, 0.6) is 11.5 Å². The van der Waals surface area contributed by atoms with Crippen LogP contribution in [0.3, 0.4) is 0 Å². The van der Waals surface area contributed by atoms with E-state index in [1.807, 2.05) is 13.8 Å². The second kappa shape index (κ2) is 8.18. The highest BCUT2D eigenvalue weighted by molar-refractivity contribution is 7.14. The van der Waals surface area contributed by atoms with Crippen molar-refractivity contribution in [1.82, 2.24) is 4.98 Å². The molecule has 0 aliphatic rings. The minimum atomic E-state index is -0.332. The molecule has 0 atom stereocenters. The number of nitrogens with one attached hydrogen (secondary N) is 1. The van der Waals surface area contributed by atoms with Crippen LogP contribution in [0.15, 0.2) is 47.8 Å². The molecule has 1 heterocycles. The number of methoxy groups -OCH3 is 1. The molecule has 5 nitrogen and oxygen atoms in total. The Kier molecular flexibility index (Phi) is 5.71. The molecule has 0 spiro atoms. The lowest BCUT2D eigenvalue weighted by molar-refractivity contribution is 0.102. The van der Waals surface area contributed by atoms with E-state index in [9.17, 15) is 9.18 Å². The van der Waals surface area contributed by atoms with Crippen molar-refractivity contribution < 1.29 is 18.7 Å². The van der Waals surface area contributed by atoms with Crippen molar-refractivity contribution in [2.24, 2.45) is 0 Å². The Bertz CT molecular complexity index is 956. The number of aromatic nitrogens is 1. The molecule has 0 saturated heterocycles. The third-order valence-electron chi connectivity index (χ3n) is 3.63. The maximum atomic E-state index is 13.4. The first kappa shape index (κ1) is 18.8. The molecule has 0 aliphatic heterocycles. The first-order valence-electron chi connectivity index (χ1n) is 8.34. The summed E-state index contributed by atoms with van der Waals surface area (Å²) in [5.41, 5.74) is 1.68. The molecular weight excluding hydrogens is 367 g/mol. The van der Waals surface area contributed by atoms with Crippen molar-refractivity contribution in [3.8, 4) is 22.8 Å². The summed E-state index contributed by atoms with van der Waals surface area (Å²) < 4.78 is 24.3. The molecule has 140 valence electrons. The van der Waals surface area contributed by atoms with Gasteiger partial charge in [0.05, 0.1) is 18.9 Å². The Morgan fingerprint density at radius 2 is 2.00 bits per heavy atom. The van der Waals surface area contributed by atoms with Crippen LogP contribution in [0.4, 0.5) is 9.52 Å². The van der Waals surface area contributed by atoms with Gasteiger partial charge in [0.2, 0.25) is 0 Å². The van der Waals surface area contributed by atoms with Crippen LogP contribution in [0, 0.1) is 5.82 Å². The molecule has 1 N–H and O–H groups in total. The second-order valence-corrected chi connectivity index (χ2v) is 6.89. The van der Waals surface area contributed by atoms with Gasteiger partial charge >= 0.3 is 0 Å². The highest BCUT2D eigenvalue weighted by Gasteiger charge is 2.14. The zero-order valence-electron chi connectivity index (χ0n) is 15.2. The number of hydrogen-bond acceptors (Lipinski definition) is 5. The molecule has 0 unspecified atom stereocenters. The number of nitrogens with zero attached hydrogens (tertiary/aromatic N) is 1. The largest absolute Gasteiger partial charge is 0.493 e. The first-order valence-corrected chi connectivity index (χ1v) is 9.21. The number of ether oxygens (including phenoxy) is 2. The minimum Gasteiger partial charge on any atom is -0.493 e. The molecular formula is C20H19FN2O3S. The van der Waals surface area contributed by atoms with E-state index in [4.69, 9.17) is 9.47 Å². The normalized spacial score (nSPS) is 10.7. The lowest BCUT2D eigenvalue weighted by Gasteiger charge is -2.14. The molecule has 0 fully saturated rings. The van der Waals surface area contributed by atoms with Gasteiger partial charge in [0, 0.05) is 16.5 Å². The summed E-state index contributed by atoms with van der Waals surface area (Å²) >= 11 is 1.27. The number of anilines is 1. The number of benzene rings is 2. The highest BCUT2D eigenvalue weighted by atomic mass is 32.1. The monoisotopic (exact) mass is 386 g/mol. The molecule has 0 aliphatic carbocycles. The number of carbonyl (C=O) groups is 1. The fourth-order valence-electron chi connectivity index (χ4n) is 2.44. The number of amides is 1. The maximum Gasteiger partial charge on any atom is 0.257 e. The van der Waals surface area contributed by atoms with E-state index in [-0.39, 0.29) is 17.8 Å². The molecule has 1 amide bonds. The van der Waals surface area contributed by atoms with E-state index < -0.39 is 0 Å². The van der Waals surface area contributed by atoms with Gasteiger partial charge in [0.25, 0.3) is 5.91 Å². The Morgan fingerprint density at radius 3 is 2.70 bits per heavy atom. The number of carbonyl (C=O) groups excluding carboxylic acids is 1. The topological polar surface area (TPSA) is 60.5 Å². The van der Waals surface area contributed by atoms with E-state index in [0.29, 0.717) is 33.5 Å². The van der Waals surface area contributed by atoms with Gasteiger partial charge in [-0.25, -0.2) is 9.37 Å². The van der Waals surface area contributed by atoms with Gasteiger partial charge in [0.15, 0.2) is 16.6 Å². The maximum absolute atomic E-state index is 13.4. The van der Waals surface area contributed by atoms with E-state index in [1.165, 1.54) is 30.6 Å². The zero-order valence-corrected chi connectivity index (χ0v) is 16.0. The van der Waals surface area contributed by atoms with Crippen molar-refractivity contribution in [2.45, 2.75) is 20.0 Å². The standard InChI is InChI=1S/C20H19FN2O3S/c1-12(2)26-17-8-7-14(10-18(17)25-3)19(24)23-20-22-16(11-27-20)13-5-4-6-15(21)9-13/h4-12H,1-3H3,(H,22,23,24). The average molecular weight is 386 g/mol. The quantitative estimate of drug-likeness (QED) is 0.648. The minimum absolute atomic E-state index is 0.00450. The molecule has 3 aromatic rings. The van der Waals surface area contributed by atoms with Crippen LogP contribution in [-0.4, -0.2) is 24.1 Å². The number of hydrogen-bond donors (Lipinski definition) is 1. The van der Waals surface area contributed by atoms with Gasteiger partial charge in [-0.15, -0.1) is 11.3 Å². The first-order chi connectivity index (χ1) is 13.0. The summed E-state index contributed by atoms with van der Waals surface area (Å²) in [6, 6.07) is 11.1. The summed E-state index contributed by atoms with van der Waals surface area (Å²) in [5.74, 6) is 0.411. The molecule has 0 bridgehead atoms. The Hall–Kier alpha value is -2.93. The fourth-order valence-corrected chi connectivity index (χ4v) is 3.16. The van der Waals surface area contributed by atoms with Crippen molar-refractivity contribution in [3.63, 3.8) is 0 Å². The number of thiazole rings is 1. The summed E-state index contributed by atoms with van der Waals surface area (Å²) in [7, 11) is 1.52. The molecule has 7 heteroatoms. The fraction of sp³-hybridized carbons (Fsp3) is 0.200. The molecule has 0 radical (unpaired) electrons. The van der Waals surface area contributed by atoms with Crippen LogP contribution in [0.25, 0.3) is 11.3 Å². The van der Waals surface area contributed by atoms with Crippen molar-refractivity contribution in [1.29, 1.82) is 0 Å². The molecule has 0 saturated carbocycles. The van der Waals surface area contributed by atoms with Crippen molar-refractivity contribution in [3.05, 3.63) is 59.2 Å². The summed E-state index contributed by atoms with van der Waals surface area (Å²) in [6.45, 7) is 3.83. The second-order valence-electron chi connectivity index (χ2n) is 6.03. The van der Waals surface area contributed by atoms with Crippen LogP contribution in [0.2, 0.25) is 0 Å². The van der Waals surface area contributed by atoms with Gasteiger partial charge in [-0.05, 0) is 44.2 Å². The summed E-state index contributed by atoms with van der Waals surface area (Å²) in [5, 5.41) is 4.95. The molecule has 3 rings (SSSR count). The van der Waals surface area contributed by atoms with Gasteiger partial charge in [0.1, 0.15) is 5.82 Å². The van der Waals surface area contributed by atoms with Crippen molar-refractivity contribution >= 4 is 22.4 Å². The van der Waals surface area contributed by atoms with Crippen LogP contribution in [0.1, 0.15) is 24.2 Å². The third-order valence-corrected chi connectivity index (χ3v) is 4.39. The smallest absolute Gasteiger partial charge is 0.257 e. The number of rotatable bonds is 6. The van der Waals surface area contributed by atoms with Crippen LogP contribution >= 0.6 is 11.3 Å². The van der Waals surface area contributed by atoms with E-state index >= 15 is 0 Å². The van der Waals surface area contributed by atoms with Crippen LogP contribution < -0.4 is 14.8 Å².